The van der Waals surface area contributed by atoms with Gasteiger partial charge in [-0.1, -0.05) is 13.3 Å². The number of nitrogens with zero attached hydrogens (tertiary/aromatic N) is 1. The fourth-order valence-corrected chi connectivity index (χ4v) is 2.62. The Morgan fingerprint density at radius 1 is 1.36 bits per heavy atom. The summed E-state index contributed by atoms with van der Waals surface area (Å²) in [6, 6.07) is 2.03. The van der Waals surface area contributed by atoms with Crippen molar-refractivity contribution in [3.63, 3.8) is 0 Å². The Hall–Kier alpha value is -2.02. The van der Waals surface area contributed by atoms with Crippen molar-refractivity contribution in [1.29, 1.82) is 0 Å². The van der Waals surface area contributed by atoms with Gasteiger partial charge >= 0.3 is 6.03 Å². The van der Waals surface area contributed by atoms with Gasteiger partial charge in [0.2, 0.25) is 0 Å². The third kappa shape index (κ3) is 2.94. The molecule has 0 unspecified atom stereocenters. The molecule has 0 spiro atoms. The van der Waals surface area contributed by atoms with Crippen molar-refractivity contribution in [3.05, 3.63) is 35.4 Å². The molecule has 0 radical (unpaired) electrons. The molecule has 1 heterocycles. The van der Waals surface area contributed by atoms with Gasteiger partial charge in [0.15, 0.2) is 0 Å². The summed E-state index contributed by atoms with van der Waals surface area (Å²) in [5.41, 5.74) is -1.31. The van der Waals surface area contributed by atoms with E-state index in [4.69, 9.17) is 0 Å². The van der Waals surface area contributed by atoms with Gasteiger partial charge in [-0.15, -0.1) is 0 Å². The molecule has 3 amide bonds. The lowest BCUT2D eigenvalue weighted by molar-refractivity contribution is -0.132. The van der Waals surface area contributed by atoms with Crippen LogP contribution in [0.15, 0.2) is 18.2 Å². The average Bonchev–Trinajstić information content (AvgIpc) is 2.65. The lowest BCUT2D eigenvalue weighted by Crippen LogP contribution is -2.44. The van der Waals surface area contributed by atoms with Crippen LogP contribution in [0.2, 0.25) is 0 Å². The zero-order valence-corrected chi connectivity index (χ0v) is 12.4. The summed E-state index contributed by atoms with van der Waals surface area (Å²) in [6.07, 6.45) is -0.343. The fourth-order valence-electron chi connectivity index (χ4n) is 2.62. The Balaban J connectivity index is 2.18. The molecule has 2 rings (SSSR count). The van der Waals surface area contributed by atoms with E-state index in [0.29, 0.717) is 12.8 Å². The van der Waals surface area contributed by atoms with Crippen LogP contribution in [0.4, 0.5) is 13.6 Å². The maximum Gasteiger partial charge on any atom is 0.325 e. The van der Waals surface area contributed by atoms with Crippen molar-refractivity contribution in [2.45, 2.75) is 38.3 Å². The van der Waals surface area contributed by atoms with Crippen LogP contribution in [-0.2, 0) is 4.79 Å². The van der Waals surface area contributed by atoms with E-state index in [9.17, 15) is 23.5 Å². The summed E-state index contributed by atoms with van der Waals surface area (Å²) in [7, 11) is 0. The number of amides is 3. The first-order chi connectivity index (χ1) is 10.3. The maximum atomic E-state index is 13.6. The molecule has 0 aromatic heterocycles. The minimum atomic E-state index is -1.49. The molecule has 5 nitrogen and oxygen atoms in total. The number of carbonyl (C=O) groups excluding carboxylic acids is 2. The van der Waals surface area contributed by atoms with Crippen LogP contribution in [0, 0.1) is 11.6 Å². The standard InChI is InChI=1S/C15H18F2N2O3/c1-3-6-15(2)13(21)19(14(22)18-15)8-12(20)10-7-9(16)4-5-11(10)17/h4-5,7,12,20H,3,6,8H2,1-2H3,(H,18,22)/t12-,15+/m1/s1. The summed E-state index contributed by atoms with van der Waals surface area (Å²) >= 11 is 0. The van der Waals surface area contributed by atoms with E-state index in [1.807, 2.05) is 6.92 Å². The summed E-state index contributed by atoms with van der Waals surface area (Å²) in [5.74, 6) is -1.98. The number of nitrogens with one attached hydrogen (secondary N) is 1. The van der Waals surface area contributed by atoms with Crippen molar-refractivity contribution in [3.8, 4) is 0 Å². The molecule has 2 atom stereocenters. The number of benzene rings is 1. The van der Waals surface area contributed by atoms with Gasteiger partial charge < -0.3 is 10.4 Å². The molecule has 1 aromatic carbocycles. The molecule has 2 N–H and O–H groups in total. The van der Waals surface area contributed by atoms with Crippen LogP contribution in [0.5, 0.6) is 0 Å². The molecular formula is C15H18F2N2O3. The molecular weight excluding hydrogens is 294 g/mol. The summed E-state index contributed by atoms with van der Waals surface area (Å²) < 4.78 is 26.8. The molecule has 0 saturated carbocycles. The molecule has 1 aliphatic heterocycles. The second-order valence-corrected chi connectivity index (χ2v) is 5.61. The Labute approximate surface area is 126 Å². The predicted molar refractivity (Wildman–Crippen MR) is 74.9 cm³/mol. The zero-order valence-electron chi connectivity index (χ0n) is 12.4. The number of urea groups is 1. The summed E-state index contributed by atoms with van der Waals surface area (Å²) in [4.78, 5) is 25.1. The number of aliphatic hydroxyl groups excluding tert-OH is 1. The first-order valence-corrected chi connectivity index (χ1v) is 7.05. The second kappa shape index (κ2) is 6.00. The van der Waals surface area contributed by atoms with Crippen molar-refractivity contribution in [1.82, 2.24) is 10.2 Å². The van der Waals surface area contributed by atoms with Crippen molar-refractivity contribution in [2.75, 3.05) is 6.54 Å². The molecule has 1 saturated heterocycles. The first kappa shape index (κ1) is 16.4. The van der Waals surface area contributed by atoms with E-state index in [2.05, 4.69) is 5.32 Å². The lowest BCUT2D eigenvalue weighted by Gasteiger charge is -2.22. The van der Waals surface area contributed by atoms with E-state index in [1.165, 1.54) is 0 Å². The summed E-state index contributed by atoms with van der Waals surface area (Å²) in [6.45, 7) is 3.06. The third-order valence-corrected chi connectivity index (χ3v) is 3.77. The first-order valence-electron chi connectivity index (χ1n) is 7.05. The summed E-state index contributed by atoms with van der Waals surface area (Å²) in [5, 5.41) is 12.6. The molecule has 120 valence electrons. The number of imide groups is 1. The van der Waals surface area contributed by atoms with Crippen LogP contribution >= 0.6 is 0 Å². The molecule has 1 fully saturated rings. The van der Waals surface area contributed by atoms with E-state index in [-0.39, 0.29) is 5.56 Å². The van der Waals surface area contributed by atoms with Crippen molar-refractivity contribution >= 4 is 11.9 Å². The number of halogens is 2. The number of hydrogen-bond acceptors (Lipinski definition) is 3. The minimum absolute atomic E-state index is 0.287. The lowest BCUT2D eigenvalue weighted by atomic mass is 9.96. The van der Waals surface area contributed by atoms with Gasteiger partial charge in [0.1, 0.15) is 23.3 Å². The smallest absolute Gasteiger partial charge is 0.325 e. The molecule has 7 heteroatoms. The minimum Gasteiger partial charge on any atom is -0.386 e. The Morgan fingerprint density at radius 2 is 2.05 bits per heavy atom. The molecule has 22 heavy (non-hydrogen) atoms. The third-order valence-electron chi connectivity index (χ3n) is 3.77. The van der Waals surface area contributed by atoms with Gasteiger partial charge in [-0.3, -0.25) is 9.69 Å². The highest BCUT2D eigenvalue weighted by atomic mass is 19.1. The van der Waals surface area contributed by atoms with Gasteiger partial charge in [-0.2, -0.15) is 0 Å². The predicted octanol–water partition coefficient (Wildman–Crippen LogP) is 2.11. The van der Waals surface area contributed by atoms with Crippen LogP contribution in [0.1, 0.15) is 38.4 Å². The van der Waals surface area contributed by atoms with E-state index in [0.717, 1.165) is 23.1 Å². The fraction of sp³-hybridized carbons (Fsp3) is 0.467. The monoisotopic (exact) mass is 312 g/mol. The second-order valence-electron chi connectivity index (χ2n) is 5.61. The number of hydrogen-bond donors (Lipinski definition) is 2. The Morgan fingerprint density at radius 3 is 2.68 bits per heavy atom. The van der Waals surface area contributed by atoms with E-state index >= 15 is 0 Å². The van der Waals surface area contributed by atoms with Gasteiger partial charge in [0, 0.05) is 5.56 Å². The van der Waals surface area contributed by atoms with Gasteiger partial charge in [0.05, 0.1) is 6.54 Å². The quantitative estimate of drug-likeness (QED) is 0.818. The number of aliphatic hydroxyl groups is 1. The van der Waals surface area contributed by atoms with Crippen LogP contribution in [0.3, 0.4) is 0 Å². The molecule has 1 aliphatic rings. The van der Waals surface area contributed by atoms with Gasteiger partial charge in [-0.25, -0.2) is 13.6 Å². The van der Waals surface area contributed by atoms with Crippen LogP contribution in [-0.4, -0.2) is 34.0 Å². The van der Waals surface area contributed by atoms with Gasteiger partial charge in [0.25, 0.3) is 5.91 Å². The Bertz CT molecular complexity index is 608. The van der Waals surface area contributed by atoms with Crippen LogP contribution in [0.25, 0.3) is 0 Å². The maximum absolute atomic E-state index is 13.6. The number of β-amino-alcohol motifs (C(OH)–C–C–N with tert-alkyl or cyclic N) is 1. The number of carbonyl (C=O) groups is 2. The highest BCUT2D eigenvalue weighted by Crippen LogP contribution is 2.26. The van der Waals surface area contributed by atoms with Crippen molar-refractivity contribution in [2.24, 2.45) is 0 Å². The normalized spacial score (nSPS) is 22.9. The van der Waals surface area contributed by atoms with Crippen LogP contribution < -0.4 is 5.32 Å². The molecule has 0 bridgehead atoms. The largest absolute Gasteiger partial charge is 0.386 e. The highest BCUT2D eigenvalue weighted by Gasteiger charge is 2.47. The van der Waals surface area contributed by atoms with Gasteiger partial charge in [-0.05, 0) is 31.5 Å². The average molecular weight is 312 g/mol. The zero-order chi connectivity index (χ0) is 16.5. The van der Waals surface area contributed by atoms with E-state index in [1.54, 1.807) is 6.92 Å². The SMILES string of the molecule is CCC[C@]1(C)NC(=O)N(C[C@@H](O)c2cc(F)ccc2F)C1=O. The number of rotatable bonds is 5. The topological polar surface area (TPSA) is 69.6 Å². The van der Waals surface area contributed by atoms with E-state index < -0.39 is 41.8 Å². The van der Waals surface area contributed by atoms with Crippen molar-refractivity contribution < 1.29 is 23.5 Å². The highest BCUT2D eigenvalue weighted by molar-refractivity contribution is 6.06. The molecule has 0 aliphatic carbocycles. The molecule has 1 aromatic rings. The Kier molecular flexibility index (Phi) is 4.46.